The van der Waals surface area contributed by atoms with Crippen molar-refractivity contribution in [2.45, 2.75) is 39.6 Å². The minimum Gasteiger partial charge on any atom is -0.298 e. The Kier molecular flexibility index (Phi) is 4.46. The zero-order chi connectivity index (χ0) is 15.6. The SMILES string of the molecule is Cc1cc(C)n(-c2ccc(SCC(=O)C(C)(C)C)nn2)n1. The van der Waals surface area contributed by atoms with E-state index in [4.69, 9.17) is 0 Å². The van der Waals surface area contributed by atoms with Crippen molar-refractivity contribution in [3.63, 3.8) is 0 Å². The van der Waals surface area contributed by atoms with Crippen LogP contribution in [-0.4, -0.2) is 31.5 Å². The number of hydrogen-bond acceptors (Lipinski definition) is 5. The van der Waals surface area contributed by atoms with Gasteiger partial charge in [0.05, 0.1) is 11.4 Å². The number of Topliss-reactive ketones (excluding diaryl/α,β-unsaturated/α-hetero) is 1. The molecule has 0 aliphatic rings. The first kappa shape index (κ1) is 15.7. The highest BCUT2D eigenvalue weighted by molar-refractivity contribution is 7.99. The van der Waals surface area contributed by atoms with Gasteiger partial charge >= 0.3 is 0 Å². The van der Waals surface area contributed by atoms with Crippen LogP contribution in [0.1, 0.15) is 32.2 Å². The van der Waals surface area contributed by atoms with Gasteiger partial charge in [-0.05, 0) is 32.0 Å². The molecule has 0 fully saturated rings. The third kappa shape index (κ3) is 3.91. The van der Waals surface area contributed by atoms with Gasteiger partial charge in [0, 0.05) is 11.1 Å². The van der Waals surface area contributed by atoms with Crippen molar-refractivity contribution in [2.75, 3.05) is 5.75 Å². The first-order chi connectivity index (χ1) is 9.77. The van der Waals surface area contributed by atoms with E-state index in [-0.39, 0.29) is 11.2 Å². The maximum atomic E-state index is 11.9. The molecule has 0 saturated carbocycles. The molecule has 21 heavy (non-hydrogen) atoms. The summed E-state index contributed by atoms with van der Waals surface area (Å²) < 4.78 is 1.76. The topological polar surface area (TPSA) is 60.7 Å². The second kappa shape index (κ2) is 5.97. The summed E-state index contributed by atoms with van der Waals surface area (Å²) in [4.78, 5) is 11.9. The molecule has 0 atom stereocenters. The van der Waals surface area contributed by atoms with Crippen LogP contribution in [0.15, 0.2) is 23.2 Å². The molecule has 0 spiro atoms. The quantitative estimate of drug-likeness (QED) is 0.813. The number of hydrogen-bond donors (Lipinski definition) is 0. The van der Waals surface area contributed by atoms with E-state index in [1.807, 2.05) is 52.8 Å². The van der Waals surface area contributed by atoms with Gasteiger partial charge in [0.25, 0.3) is 0 Å². The molecular weight excluding hydrogens is 284 g/mol. The number of carbonyl (C=O) groups excluding carboxylic acids is 1. The van der Waals surface area contributed by atoms with Crippen LogP contribution in [0.5, 0.6) is 0 Å². The summed E-state index contributed by atoms with van der Waals surface area (Å²) in [5.74, 6) is 1.31. The summed E-state index contributed by atoms with van der Waals surface area (Å²) in [6.07, 6.45) is 0. The minimum atomic E-state index is -0.315. The number of rotatable bonds is 4. The van der Waals surface area contributed by atoms with Crippen LogP contribution in [0, 0.1) is 19.3 Å². The molecule has 0 unspecified atom stereocenters. The fourth-order valence-corrected chi connectivity index (χ4v) is 2.69. The average Bonchev–Trinajstić information content (AvgIpc) is 2.74. The summed E-state index contributed by atoms with van der Waals surface area (Å²) in [7, 11) is 0. The first-order valence-electron chi connectivity index (χ1n) is 6.81. The molecule has 0 aliphatic carbocycles. The summed E-state index contributed by atoms with van der Waals surface area (Å²) in [6.45, 7) is 9.69. The van der Waals surface area contributed by atoms with Crippen LogP contribution in [0.2, 0.25) is 0 Å². The number of carbonyl (C=O) groups is 1. The highest BCUT2D eigenvalue weighted by Gasteiger charge is 2.21. The van der Waals surface area contributed by atoms with Gasteiger partial charge in [0.1, 0.15) is 10.8 Å². The van der Waals surface area contributed by atoms with Crippen molar-refractivity contribution in [2.24, 2.45) is 5.41 Å². The van der Waals surface area contributed by atoms with E-state index in [9.17, 15) is 4.79 Å². The number of nitrogens with zero attached hydrogens (tertiary/aromatic N) is 4. The lowest BCUT2D eigenvalue weighted by Gasteiger charge is -2.15. The molecule has 6 heteroatoms. The number of aryl methyl sites for hydroxylation is 2. The van der Waals surface area contributed by atoms with Crippen LogP contribution in [0.3, 0.4) is 0 Å². The smallest absolute Gasteiger partial charge is 0.175 e. The number of aromatic nitrogens is 4. The predicted molar refractivity (Wildman–Crippen MR) is 83.8 cm³/mol. The highest BCUT2D eigenvalue weighted by atomic mass is 32.2. The van der Waals surface area contributed by atoms with E-state index in [1.165, 1.54) is 11.8 Å². The summed E-state index contributed by atoms with van der Waals surface area (Å²) >= 11 is 1.42. The van der Waals surface area contributed by atoms with E-state index in [2.05, 4.69) is 15.3 Å². The molecule has 2 aromatic heterocycles. The third-order valence-corrected chi connectivity index (χ3v) is 3.96. The number of thioether (sulfide) groups is 1. The highest BCUT2D eigenvalue weighted by Crippen LogP contribution is 2.22. The van der Waals surface area contributed by atoms with Crippen LogP contribution >= 0.6 is 11.8 Å². The van der Waals surface area contributed by atoms with Gasteiger partial charge in [-0.25, -0.2) is 4.68 Å². The van der Waals surface area contributed by atoms with Crippen molar-refractivity contribution in [1.29, 1.82) is 0 Å². The van der Waals surface area contributed by atoms with Crippen LogP contribution < -0.4 is 0 Å². The third-order valence-electron chi connectivity index (χ3n) is 3.04. The van der Waals surface area contributed by atoms with E-state index < -0.39 is 0 Å². The molecule has 0 amide bonds. The Morgan fingerprint density at radius 2 is 1.95 bits per heavy atom. The molecule has 0 aromatic carbocycles. The molecule has 2 aromatic rings. The minimum absolute atomic E-state index is 0.205. The molecule has 2 rings (SSSR count). The summed E-state index contributed by atoms with van der Waals surface area (Å²) in [5.41, 5.74) is 1.65. The lowest BCUT2D eigenvalue weighted by atomic mass is 9.92. The zero-order valence-electron chi connectivity index (χ0n) is 13.0. The molecule has 0 radical (unpaired) electrons. The monoisotopic (exact) mass is 304 g/mol. The fraction of sp³-hybridized carbons (Fsp3) is 0.467. The molecule has 112 valence electrons. The van der Waals surface area contributed by atoms with Crippen molar-refractivity contribution < 1.29 is 4.79 Å². The van der Waals surface area contributed by atoms with Gasteiger partial charge < -0.3 is 0 Å². The summed E-state index contributed by atoms with van der Waals surface area (Å²) in [6, 6.07) is 5.74. The molecule has 5 nitrogen and oxygen atoms in total. The Morgan fingerprint density at radius 3 is 2.43 bits per heavy atom. The van der Waals surface area contributed by atoms with E-state index in [0.717, 1.165) is 16.4 Å². The standard InChI is InChI=1S/C15H20N4OS/c1-10-8-11(2)19(18-10)13-6-7-14(17-16-13)21-9-12(20)15(3,4)5/h6-8H,9H2,1-5H3. The second-order valence-corrected chi connectivity index (χ2v) is 7.03. The maximum absolute atomic E-state index is 11.9. The van der Waals surface area contributed by atoms with Gasteiger partial charge in [0.15, 0.2) is 5.82 Å². The Balaban J connectivity index is 2.06. The first-order valence-corrected chi connectivity index (χ1v) is 7.79. The van der Waals surface area contributed by atoms with Crippen LogP contribution in [0.25, 0.3) is 5.82 Å². The van der Waals surface area contributed by atoms with Crippen molar-refractivity contribution in [3.8, 4) is 5.82 Å². The van der Waals surface area contributed by atoms with E-state index in [1.54, 1.807) is 4.68 Å². The zero-order valence-corrected chi connectivity index (χ0v) is 13.9. The molecule has 0 bridgehead atoms. The normalized spacial score (nSPS) is 11.7. The largest absolute Gasteiger partial charge is 0.298 e. The van der Waals surface area contributed by atoms with Crippen molar-refractivity contribution >= 4 is 17.5 Å². The van der Waals surface area contributed by atoms with Gasteiger partial charge in [-0.3, -0.25) is 4.79 Å². The molecule has 0 N–H and O–H groups in total. The van der Waals surface area contributed by atoms with Crippen LogP contribution in [0.4, 0.5) is 0 Å². The second-order valence-electron chi connectivity index (χ2n) is 6.03. The Hall–Kier alpha value is -1.69. The predicted octanol–water partition coefficient (Wildman–Crippen LogP) is 2.99. The van der Waals surface area contributed by atoms with Crippen LogP contribution in [-0.2, 0) is 4.79 Å². The molecule has 2 heterocycles. The Morgan fingerprint density at radius 1 is 1.24 bits per heavy atom. The van der Waals surface area contributed by atoms with Gasteiger partial charge in [-0.15, -0.1) is 10.2 Å². The van der Waals surface area contributed by atoms with E-state index in [0.29, 0.717) is 11.6 Å². The fourth-order valence-electron chi connectivity index (χ4n) is 1.72. The van der Waals surface area contributed by atoms with Crippen molar-refractivity contribution in [3.05, 3.63) is 29.6 Å². The summed E-state index contributed by atoms with van der Waals surface area (Å²) in [5, 5.41) is 13.5. The molecule has 0 aliphatic heterocycles. The van der Waals surface area contributed by atoms with Gasteiger partial charge in [-0.2, -0.15) is 5.10 Å². The van der Waals surface area contributed by atoms with Gasteiger partial charge in [0.2, 0.25) is 0 Å². The average molecular weight is 304 g/mol. The van der Waals surface area contributed by atoms with Gasteiger partial charge in [-0.1, -0.05) is 32.5 Å². The number of ketones is 1. The lowest BCUT2D eigenvalue weighted by molar-refractivity contribution is -0.123. The maximum Gasteiger partial charge on any atom is 0.175 e. The molecular formula is C15H20N4OS. The van der Waals surface area contributed by atoms with E-state index >= 15 is 0 Å². The van der Waals surface area contributed by atoms with Crippen molar-refractivity contribution in [1.82, 2.24) is 20.0 Å². The lowest BCUT2D eigenvalue weighted by Crippen LogP contribution is -2.22. The Bertz CT molecular complexity index is 641. The molecule has 0 saturated heterocycles. The Labute approximate surface area is 129 Å².